The molecule has 9 heteroatoms. The fourth-order valence-electron chi connectivity index (χ4n) is 4.14. The molecule has 0 unspecified atom stereocenters. The number of aryl methyl sites for hydroxylation is 2. The number of aromatic nitrogens is 4. The minimum Gasteiger partial charge on any atom is -0.396 e. The zero-order valence-electron chi connectivity index (χ0n) is 20.2. The van der Waals surface area contributed by atoms with Crippen molar-refractivity contribution < 1.29 is 14.7 Å². The minimum absolute atomic E-state index is 0.0494. The molecule has 2 heterocycles. The Bertz CT molecular complexity index is 1340. The van der Waals surface area contributed by atoms with Gasteiger partial charge in [0.15, 0.2) is 0 Å². The second-order valence-electron chi connectivity index (χ2n) is 8.54. The smallest absolute Gasteiger partial charge is 0.249 e. The van der Waals surface area contributed by atoms with E-state index in [1.165, 1.54) is 0 Å². The average molecular weight is 487 g/mol. The zero-order chi connectivity index (χ0) is 25.5. The summed E-state index contributed by atoms with van der Waals surface area (Å²) in [6.45, 7) is 0.511. The van der Waals surface area contributed by atoms with Gasteiger partial charge in [-0.3, -0.25) is 18.8 Å². The predicted octanol–water partition coefficient (Wildman–Crippen LogP) is 2.86. The van der Waals surface area contributed by atoms with Crippen molar-refractivity contribution in [1.29, 1.82) is 0 Å². The lowest BCUT2D eigenvalue weighted by Crippen LogP contribution is -2.24. The Morgan fingerprint density at radius 2 is 1.86 bits per heavy atom. The van der Waals surface area contributed by atoms with E-state index in [0.29, 0.717) is 49.2 Å². The van der Waals surface area contributed by atoms with Crippen LogP contribution in [0.2, 0.25) is 0 Å². The summed E-state index contributed by atoms with van der Waals surface area (Å²) in [4.78, 5) is 29.5. The second kappa shape index (κ2) is 11.5. The van der Waals surface area contributed by atoms with E-state index in [2.05, 4.69) is 10.4 Å². The first-order chi connectivity index (χ1) is 17.5. The molecule has 0 aliphatic heterocycles. The van der Waals surface area contributed by atoms with Gasteiger partial charge in [0.2, 0.25) is 11.8 Å². The van der Waals surface area contributed by atoms with Crippen molar-refractivity contribution in [3.05, 3.63) is 78.4 Å². The molecule has 0 aliphatic carbocycles. The minimum atomic E-state index is -0.542. The lowest BCUT2D eigenvalue weighted by atomic mass is 9.96. The first-order valence-electron chi connectivity index (χ1n) is 11.9. The number of aliphatic hydroxyl groups is 1. The molecular weight excluding hydrogens is 456 g/mol. The molecule has 36 heavy (non-hydrogen) atoms. The number of aliphatic hydroxyl groups excluding tert-OH is 1. The number of para-hydroxylation sites is 1. The molecule has 0 aliphatic rings. The van der Waals surface area contributed by atoms with Crippen LogP contribution < -0.4 is 11.1 Å². The summed E-state index contributed by atoms with van der Waals surface area (Å²) >= 11 is 0. The Hall–Kier alpha value is -4.24. The van der Waals surface area contributed by atoms with Gasteiger partial charge in [-0.15, -0.1) is 0 Å². The highest BCUT2D eigenvalue weighted by atomic mass is 16.3. The normalized spacial score (nSPS) is 10.9. The summed E-state index contributed by atoms with van der Waals surface area (Å²) in [5.41, 5.74) is 10.2. The van der Waals surface area contributed by atoms with E-state index < -0.39 is 5.91 Å². The quantitative estimate of drug-likeness (QED) is 0.281. The maximum atomic E-state index is 12.5. The highest BCUT2D eigenvalue weighted by Gasteiger charge is 2.22. The van der Waals surface area contributed by atoms with Crippen LogP contribution in [0.1, 0.15) is 35.3 Å². The molecule has 0 atom stereocenters. The first kappa shape index (κ1) is 24.9. The molecule has 0 radical (unpaired) electrons. The van der Waals surface area contributed by atoms with E-state index in [0.717, 1.165) is 22.5 Å². The maximum absolute atomic E-state index is 12.5. The third kappa shape index (κ3) is 5.69. The summed E-state index contributed by atoms with van der Waals surface area (Å²) in [7, 11) is 1.84. The molecule has 186 valence electrons. The number of nitrogens with one attached hydrogen (secondary N) is 1. The molecule has 2 aromatic carbocycles. The van der Waals surface area contributed by atoms with Crippen LogP contribution >= 0.6 is 0 Å². The van der Waals surface area contributed by atoms with Crippen LogP contribution in [0.15, 0.2) is 67.1 Å². The molecular formula is C27H30N6O3. The van der Waals surface area contributed by atoms with Crippen molar-refractivity contribution in [2.24, 2.45) is 12.8 Å². The molecule has 9 nitrogen and oxygen atoms in total. The van der Waals surface area contributed by atoms with Crippen molar-refractivity contribution in [3.63, 3.8) is 0 Å². The first-order valence-corrected chi connectivity index (χ1v) is 11.9. The van der Waals surface area contributed by atoms with Crippen LogP contribution in [0, 0.1) is 0 Å². The van der Waals surface area contributed by atoms with Gasteiger partial charge in [-0.1, -0.05) is 30.3 Å². The summed E-state index contributed by atoms with van der Waals surface area (Å²) in [6, 6.07) is 15.2. The number of nitrogens with two attached hydrogens (primary N) is 1. The largest absolute Gasteiger partial charge is 0.396 e. The van der Waals surface area contributed by atoms with Gasteiger partial charge >= 0.3 is 0 Å². The molecule has 0 saturated carbocycles. The second-order valence-corrected chi connectivity index (χ2v) is 8.54. The number of carbonyl (C=O) groups excluding carboxylic acids is 2. The van der Waals surface area contributed by atoms with E-state index in [4.69, 9.17) is 15.8 Å². The lowest BCUT2D eigenvalue weighted by molar-refractivity contribution is -0.121. The molecule has 2 aromatic heterocycles. The van der Waals surface area contributed by atoms with Gasteiger partial charge < -0.3 is 16.2 Å². The topological polar surface area (TPSA) is 128 Å². The zero-order valence-corrected chi connectivity index (χ0v) is 20.2. The highest BCUT2D eigenvalue weighted by molar-refractivity contribution is 6.03. The van der Waals surface area contributed by atoms with Crippen molar-refractivity contribution >= 4 is 11.8 Å². The summed E-state index contributed by atoms with van der Waals surface area (Å²) in [6.07, 6.45) is 7.67. The molecule has 0 saturated heterocycles. The lowest BCUT2D eigenvalue weighted by Gasteiger charge is -2.14. The number of imidazole rings is 1. The number of primary amides is 1. The number of rotatable bonds is 11. The number of amides is 2. The van der Waals surface area contributed by atoms with E-state index in [1.807, 2.05) is 60.4 Å². The SMILES string of the molecule is Cn1cc(-c2cccc(C(N)=O)c2-c2nc(CCCC(=O)NCCCO)cn2-c2ccccc2)cn1. The molecule has 0 spiro atoms. The predicted molar refractivity (Wildman–Crippen MR) is 137 cm³/mol. The number of hydrogen-bond donors (Lipinski definition) is 3. The summed E-state index contributed by atoms with van der Waals surface area (Å²) < 4.78 is 3.66. The Balaban J connectivity index is 1.74. The Kier molecular flexibility index (Phi) is 7.92. The molecule has 0 bridgehead atoms. The molecule has 2 amide bonds. The van der Waals surface area contributed by atoms with E-state index in [9.17, 15) is 9.59 Å². The van der Waals surface area contributed by atoms with E-state index in [1.54, 1.807) is 23.0 Å². The van der Waals surface area contributed by atoms with Gasteiger partial charge in [-0.05, 0) is 43.0 Å². The Labute approximate surface area is 209 Å². The standard InChI is InChI=1S/C27H30N6O3/c1-32-17-19(16-30-32)22-11-6-12-23(26(28)36)25(22)27-31-20(8-5-13-24(35)29-14-7-15-34)18-33(27)21-9-3-2-4-10-21/h2-4,6,9-12,16-18,34H,5,7-8,13-15H2,1H3,(H2,28,36)(H,29,35). The van der Waals surface area contributed by atoms with E-state index >= 15 is 0 Å². The fourth-order valence-corrected chi connectivity index (χ4v) is 4.14. The van der Waals surface area contributed by atoms with E-state index in [-0.39, 0.29) is 12.5 Å². The summed E-state index contributed by atoms with van der Waals surface area (Å²) in [5.74, 6) is 0.000376. The highest BCUT2D eigenvalue weighted by Crippen LogP contribution is 2.35. The molecule has 4 N–H and O–H groups in total. The monoisotopic (exact) mass is 486 g/mol. The fraction of sp³-hybridized carbons (Fsp3) is 0.259. The molecule has 0 fully saturated rings. The third-order valence-corrected chi connectivity index (χ3v) is 5.85. The number of carbonyl (C=O) groups is 2. The van der Waals surface area contributed by atoms with Crippen LogP contribution in [0.25, 0.3) is 28.2 Å². The number of nitrogens with zero attached hydrogens (tertiary/aromatic N) is 4. The van der Waals surface area contributed by atoms with Crippen molar-refractivity contribution in [2.75, 3.05) is 13.2 Å². The van der Waals surface area contributed by atoms with Crippen LogP contribution in [0.4, 0.5) is 0 Å². The van der Waals surface area contributed by atoms with Crippen molar-refractivity contribution in [3.8, 4) is 28.2 Å². The van der Waals surface area contributed by atoms with Gasteiger partial charge in [-0.2, -0.15) is 5.10 Å². The van der Waals surface area contributed by atoms with Crippen LogP contribution in [-0.2, 0) is 18.3 Å². The van der Waals surface area contributed by atoms with Gasteiger partial charge in [-0.25, -0.2) is 4.98 Å². The van der Waals surface area contributed by atoms with Crippen LogP contribution in [0.5, 0.6) is 0 Å². The average Bonchev–Trinajstić information content (AvgIpc) is 3.50. The van der Waals surface area contributed by atoms with Crippen molar-refractivity contribution in [1.82, 2.24) is 24.6 Å². The Morgan fingerprint density at radius 3 is 2.56 bits per heavy atom. The van der Waals surface area contributed by atoms with Gasteiger partial charge in [0.05, 0.1) is 17.5 Å². The Morgan fingerprint density at radius 1 is 1.06 bits per heavy atom. The number of hydrogen-bond acceptors (Lipinski definition) is 5. The summed E-state index contributed by atoms with van der Waals surface area (Å²) in [5, 5.41) is 16.0. The molecule has 4 aromatic rings. The van der Waals surface area contributed by atoms with Gasteiger partial charge in [0.25, 0.3) is 0 Å². The van der Waals surface area contributed by atoms with Gasteiger partial charge in [0.1, 0.15) is 5.82 Å². The third-order valence-electron chi connectivity index (χ3n) is 5.85. The van der Waals surface area contributed by atoms with Crippen LogP contribution in [0.3, 0.4) is 0 Å². The molecule has 4 rings (SSSR count). The number of benzene rings is 2. The van der Waals surface area contributed by atoms with Crippen molar-refractivity contribution in [2.45, 2.75) is 25.7 Å². The maximum Gasteiger partial charge on any atom is 0.249 e. The van der Waals surface area contributed by atoms with Crippen LogP contribution in [-0.4, -0.2) is 49.4 Å². The van der Waals surface area contributed by atoms with Gasteiger partial charge in [0, 0.05) is 55.8 Å².